The smallest absolute Gasteiger partial charge is 0.335 e. The molecule has 2 heterocycles. The first kappa shape index (κ1) is 27.3. The SMILES string of the molecule is COc1ccc(Nc2nc(N/N=C\c3ccc(-c4cccc(C(=O)O)c4)o3)nc(Nc3ccc([N+](=O)[O-])cc3)n2)cc1. The summed E-state index contributed by atoms with van der Waals surface area (Å²) in [5, 5.41) is 30.4. The van der Waals surface area contributed by atoms with E-state index in [-0.39, 0.29) is 29.1 Å². The number of nitro groups is 1. The van der Waals surface area contributed by atoms with E-state index >= 15 is 0 Å². The maximum absolute atomic E-state index is 11.3. The maximum atomic E-state index is 11.3. The van der Waals surface area contributed by atoms with Gasteiger partial charge in [0.1, 0.15) is 17.3 Å². The number of non-ortho nitro benzene ring substituents is 1. The molecule has 0 spiro atoms. The minimum atomic E-state index is -1.03. The van der Waals surface area contributed by atoms with Gasteiger partial charge in [-0.15, -0.1) is 0 Å². The Balaban J connectivity index is 1.35. The lowest BCUT2D eigenvalue weighted by Crippen LogP contribution is -2.07. The third-order valence-electron chi connectivity index (χ3n) is 5.69. The number of carboxylic acids is 1. The largest absolute Gasteiger partial charge is 0.497 e. The maximum Gasteiger partial charge on any atom is 0.335 e. The van der Waals surface area contributed by atoms with Crippen molar-refractivity contribution in [3.8, 4) is 17.1 Å². The van der Waals surface area contributed by atoms with Gasteiger partial charge in [-0.1, -0.05) is 12.1 Å². The number of carboxylic acid groups (broad SMARTS) is 1. The molecule has 0 saturated heterocycles. The number of hydrogen-bond donors (Lipinski definition) is 4. The number of hydrazone groups is 1. The van der Waals surface area contributed by atoms with Crippen LogP contribution in [0.15, 0.2) is 94.4 Å². The Bertz CT molecular complexity index is 1750. The third-order valence-corrected chi connectivity index (χ3v) is 5.69. The number of hydrogen-bond acceptors (Lipinski definition) is 12. The zero-order chi connectivity index (χ0) is 29.5. The summed E-state index contributed by atoms with van der Waals surface area (Å²) in [5.41, 5.74) is 4.65. The molecule has 4 N–H and O–H groups in total. The Kier molecular flexibility index (Phi) is 7.95. The molecule has 0 saturated carbocycles. The topological polar surface area (TPSA) is 190 Å². The van der Waals surface area contributed by atoms with Gasteiger partial charge in [0.2, 0.25) is 17.8 Å². The molecule has 0 aliphatic carbocycles. The number of benzene rings is 3. The van der Waals surface area contributed by atoms with Crippen molar-refractivity contribution in [1.29, 1.82) is 0 Å². The molecule has 5 rings (SSSR count). The molecule has 42 heavy (non-hydrogen) atoms. The Morgan fingerprint density at radius 1 is 0.929 bits per heavy atom. The molecule has 14 heteroatoms. The zero-order valence-electron chi connectivity index (χ0n) is 21.9. The Morgan fingerprint density at radius 3 is 2.19 bits per heavy atom. The van der Waals surface area contributed by atoms with Crippen molar-refractivity contribution in [2.75, 3.05) is 23.2 Å². The molecular formula is C28H22N8O6. The Hall–Kier alpha value is -6.31. The van der Waals surface area contributed by atoms with Crippen LogP contribution in [-0.4, -0.2) is 44.3 Å². The number of nitro benzene ring substituents is 1. The Morgan fingerprint density at radius 2 is 1.57 bits per heavy atom. The quantitative estimate of drug-likeness (QED) is 0.0870. The van der Waals surface area contributed by atoms with E-state index in [1.165, 1.54) is 42.6 Å². The molecule has 0 aliphatic rings. The predicted molar refractivity (Wildman–Crippen MR) is 155 cm³/mol. The number of aromatic carboxylic acids is 1. The highest BCUT2D eigenvalue weighted by Gasteiger charge is 2.11. The van der Waals surface area contributed by atoms with Crippen molar-refractivity contribution in [1.82, 2.24) is 15.0 Å². The number of rotatable bonds is 11. The summed E-state index contributed by atoms with van der Waals surface area (Å²) in [6, 6.07) is 22.7. The minimum absolute atomic E-state index is 0.0505. The Labute approximate surface area is 237 Å². The number of nitrogens with zero attached hydrogens (tertiary/aromatic N) is 5. The van der Waals surface area contributed by atoms with Crippen LogP contribution in [0, 0.1) is 10.1 Å². The number of anilines is 5. The standard InChI is InChI=1S/C28H22N8O6/c1-41-22-11-7-20(8-12-22)31-27-32-26(30-19-5-9-21(10-6-19)36(39)40)33-28(34-27)35-29-16-23-13-14-24(42-23)17-3-2-4-18(15-17)25(37)38/h2-16H,1H3,(H,37,38)(H3,30,31,32,33,34,35)/b29-16-. The molecule has 14 nitrogen and oxygen atoms in total. The van der Waals surface area contributed by atoms with Crippen molar-refractivity contribution < 1.29 is 24.0 Å². The van der Waals surface area contributed by atoms with Crippen LogP contribution >= 0.6 is 0 Å². The second-order valence-corrected chi connectivity index (χ2v) is 8.55. The van der Waals surface area contributed by atoms with Crippen LogP contribution in [0.5, 0.6) is 5.75 Å². The lowest BCUT2D eigenvalue weighted by Gasteiger charge is -2.10. The van der Waals surface area contributed by atoms with E-state index in [2.05, 4.69) is 36.1 Å². The van der Waals surface area contributed by atoms with E-state index in [0.717, 1.165) is 0 Å². The van der Waals surface area contributed by atoms with E-state index in [9.17, 15) is 20.0 Å². The van der Waals surface area contributed by atoms with Gasteiger partial charge >= 0.3 is 5.97 Å². The fraction of sp³-hybridized carbons (Fsp3) is 0.0357. The summed E-state index contributed by atoms with van der Waals surface area (Å²) >= 11 is 0. The zero-order valence-corrected chi connectivity index (χ0v) is 21.9. The summed E-state index contributed by atoms with van der Waals surface area (Å²) in [7, 11) is 1.57. The van der Waals surface area contributed by atoms with Crippen molar-refractivity contribution in [3.05, 3.63) is 106 Å². The minimum Gasteiger partial charge on any atom is -0.497 e. The van der Waals surface area contributed by atoms with Gasteiger partial charge in [0.15, 0.2) is 0 Å². The summed E-state index contributed by atoms with van der Waals surface area (Å²) in [5.74, 6) is 0.942. The number of furan rings is 1. The lowest BCUT2D eigenvalue weighted by molar-refractivity contribution is -0.384. The van der Waals surface area contributed by atoms with Crippen LogP contribution in [0.25, 0.3) is 11.3 Å². The number of methoxy groups -OCH3 is 1. The van der Waals surface area contributed by atoms with Gasteiger partial charge < -0.3 is 24.9 Å². The third kappa shape index (κ3) is 6.81. The lowest BCUT2D eigenvalue weighted by atomic mass is 10.1. The second-order valence-electron chi connectivity index (χ2n) is 8.55. The average Bonchev–Trinajstić information content (AvgIpc) is 3.47. The normalized spacial score (nSPS) is 10.8. The van der Waals surface area contributed by atoms with Gasteiger partial charge in [0.25, 0.3) is 5.69 Å². The number of aromatic nitrogens is 3. The summed E-state index contributed by atoms with van der Waals surface area (Å²) < 4.78 is 11.0. The van der Waals surface area contributed by atoms with Crippen LogP contribution in [0.1, 0.15) is 16.1 Å². The van der Waals surface area contributed by atoms with Crippen LogP contribution in [-0.2, 0) is 0 Å². The van der Waals surface area contributed by atoms with Gasteiger partial charge in [0.05, 0.1) is 23.8 Å². The van der Waals surface area contributed by atoms with Crippen LogP contribution in [0.2, 0.25) is 0 Å². The molecule has 3 aromatic carbocycles. The van der Waals surface area contributed by atoms with Crippen LogP contribution in [0.3, 0.4) is 0 Å². The fourth-order valence-electron chi connectivity index (χ4n) is 3.67. The average molecular weight is 567 g/mol. The van der Waals surface area contributed by atoms with Crippen molar-refractivity contribution in [2.45, 2.75) is 0 Å². The highest BCUT2D eigenvalue weighted by Crippen LogP contribution is 2.24. The fourth-order valence-corrected chi connectivity index (χ4v) is 3.67. The molecule has 2 aromatic heterocycles. The van der Waals surface area contributed by atoms with Gasteiger partial charge in [-0.2, -0.15) is 20.1 Å². The van der Waals surface area contributed by atoms with Crippen LogP contribution < -0.4 is 20.8 Å². The van der Waals surface area contributed by atoms with E-state index in [0.29, 0.717) is 34.2 Å². The van der Waals surface area contributed by atoms with Gasteiger partial charge in [-0.3, -0.25) is 10.1 Å². The molecule has 0 amide bonds. The van der Waals surface area contributed by atoms with Crippen molar-refractivity contribution in [2.24, 2.45) is 5.10 Å². The van der Waals surface area contributed by atoms with E-state index in [1.54, 1.807) is 55.6 Å². The van der Waals surface area contributed by atoms with Gasteiger partial charge in [0, 0.05) is 29.1 Å². The molecule has 0 unspecified atom stereocenters. The second kappa shape index (κ2) is 12.3. The van der Waals surface area contributed by atoms with Crippen molar-refractivity contribution >= 4 is 47.1 Å². The van der Waals surface area contributed by atoms with Gasteiger partial charge in [-0.05, 0) is 60.7 Å². The highest BCUT2D eigenvalue weighted by atomic mass is 16.6. The first-order valence-electron chi connectivity index (χ1n) is 12.3. The van der Waals surface area contributed by atoms with Crippen molar-refractivity contribution in [3.63, 3.8) is 0 Å². The molecular weight excluding hydrogens is 544 g/mol. The summed E-state index contributed by atoms with van der Waals surface area (Å²) in [6.45, 7) is 0. The summed E-state index contributed by atoms with van der Waals surface area (Å²) in [6.07, 6.45) is 1.41. The number of carbonyl (C=O) groups is 1. The van der Waals surface area contributed by atoms with E-state index < -0.39 is 10.9 Å². The molecule has 210 valence electrons. The molecule has 0 radical (unpaired) electrons. The highest BCUT2D eigenvalue weighted by molar-refractivity contribution is 5.89. The molecule has 5 aromatic rings. The summed E-state index contributed by atoms with van der Waals surface area (Å²) in [4.78, 5) is 34.8. The number of nitrogens with one attached hydrogen (secondary N) is 3. The molecule has 0 atom stereocenters. The van der Waals surface area contributed by atoms with E-state index in [1.807, 2.05) is 0 Å². The molecule has 0 aliphatic heterocycles. The van der Waals surface area contributed by atoms with E-state index in [4.69, 9.17) is 9.15 Å². The molecule has 0 bridgehead atoms. The molecule has 0 fully saturated rings. The first-order valence-corrected chi connectivity index (χ1v) is 12.3. The van der Waals surface area contributed by atoms with Gasteiger partial charge in [-0.25, -0.2) is 10.2 Å². The van der Waals surface area contributed by atoms with Crippen LogP contribution in [0.4, 0.5) is 34.9 Å². The number of ether oxygens (including phenoxy) is 1. The first-order chi connectivity index (χ1) is 20.4. The predicted octanol–water partition coefficient (Wildman–Crippen LogP) is 5.68. The monoisotopic (exact) mass is 566 g/mol.